The molecule has 2 heterocycles. The summed E-state index contributed by atoms with van der Waals surface area (Å²) in [4.78, 5) is 23.2. The molecule has 0 aliphatic carbocycles. The van der Waals surface area contributed by atoms with Crippen molar-refractivity contribution in [1.29, 1.82) is 0 Å². The van der Waals surface area contributed by atoms with Crippen molar-refractivity contribution in [2.75, 3.05) is 26.8 Å². The van der Waals surface area contributed by atoms with Crippen molar-refractivity contribution in [1.82, 2.24) is 14.9 Å². The second kappa shape index (κ2) is 9.58. The topological polar surface area (TPSA) is 64.6 Å². The van der Waals surface area contributed by atoms with E-state index in [9.17, 15) is 4.79 Å². The summed E-state index contributed by atoms with van der Waals surface area (Å²) in [6.07, 6.45) is 3.66. The zero-order chi connectivity index (χ0) is 19.1. The Morgan fingerprint density at radius 3 is 2.63 bits per heavy atom. The van der Waals surface area contributed by atoms with E-state index in [1.165, 1.54) is 0 Å². The third-order valence-corrected chi connectivity index (χ3v) is 4.89. The molecule has 1 amide bonds. The summed E-state index contributed by atoms with van der Waals surface area (Å²) in [5.74, 6) is 1.17. The summed E-state index contributed by atoms with van der Waals surface area (Å²) in [7, 11) is 1.68. The Morgan fingerprint density at radius 1 is 1.19 bits per heavy atom. The van der Waals surface area contributed by atoms with E-state index in [0.29, 0.717) is 19.1 Å². The Labute approximate surface area is 160 Å². The smallest absolute Gasteiger partial charge is 0.248 e. The number of aromatic nitrogens is 2. The Morgan fingerprint density at radius 2 is 1.93 bits per heavy atom. The molecule has 2 aromatic rings. The first-order chi connectivity index (χ1) is 13.2. The SMILES string of the molecule is COCc1cnc(C)nc1C1CCN(C(=O)COCc2ccccc2)CC1. The van der Waals surface area contributed by atoms with E-state index < -0.39 is 0 Å². The molecule has 1 aliphatic rings. The van der Waals surface area contributed by atoms with Gasteiger partial charge in [-0.05, 0) is 25.3 Å². The molecule has 0 N–H and O–H groups in total. The van der Waals surface area contributed by atoms with Crippen LogP contribution in [0.3, 0.4) is 0 Å². The Bertz CT molecular complexity index is 744. The number of methoxy groups -OCH3 is 1. The van der Waals surface area contributed by atoms with Crippen LogP contribution in [-0.2, 0) is 27.5 Å². The fourth-order valence-electron chi connectivity index (χ4n) is 3.46. The fourth-order valence-corrected chi connectivity index (χ4v) is 3.46. The molecule has 27 heavy (non-hydrogen) atoms. The maximum atomic E-state index is 12.4. The van der Waals surface area contributed by atoms with Gasteiger partial charge in [0.05, 0.1) is 18.9 Å². The van der Waals surface area contributed by atoms with Crippen molar-refractivity contribution in [2.24, 2.45) is 0 Å². The third-order valence-electron chi connectivity index (χ3n) is 4.89. The van der Waals surface area contributed by atoms with Gasteiger partial charge in [0.1, 0.15) is 12.4 Å². The summed E-state index contributed by atoms with van der Waals surface area (Å²) in [5.41, 5.74) is 3.18. The first kappa shape index (κ1) is 19.5. The minimum Gasteiger partial charge on any atom is -0.380 e. The van der Waals surface area contributed by atoms with Gasteiger partial charge in [-0.25, -0.2) is 9.97 Å². The standard InChI is InChI=1S/C21H27N3O3/c1-16-22-12-19(14-26-2)21(23-16)18-8-10-24(11-9-18)20(25)15-27-13-17-6-4-3-5-7-17/h3-7,12,18H,8-11,13-15H2,1-2H3. The van der Waals surface area contributed by atoms with Crippen LogP contribution in [0.2, 0.25) is 0 Å². The highest BCUT2D eigenvalue weighted by atomic mass is 16.5. The lowest BCUT2D eigenvalue weighted by Crippen LogP contribution is -2.40. The van der Waals surface area contributed by atoms with Gasteiger partial charge in [-0.3, -0.25) is 4.79 Å². The summed E-state index contributed by atoms with van der Waals surface area (Å²) in [6, 6.07) is 9.90. The summed E-state index contributed by atoms with van der Waals surface area (Å²) in [5, 5.41) is 0. The molecule has 3 rings (SSSR count). The second-order valence-corrected chi connectivity index (χ2v) is 6.89. The monoisotopic (exact) mass is 369 g/mol. The quantitative estimate of drug-likeness (QED) is 0.751. The molecule has 0 spiro atoms. The number of rotatable bonds is 7. The zero-order valence-corrected chi connectivity index (χ0v) is 16.1. The number of carbonyl (C=O) groups excluding carboxylic acids is 1. The highest BCUT2D eigenvalue weighted by Crippen LogP contribution is 2.29. The van der Waals surface area contributed by atoms with Crippen molar-refractivity contribution in [3.8, 4) is 0 Å². The molecular weight excluding hydrogens is 342 g/mol. The van der Waals surface area contributed by atoms with E-state index >= 15 is 0 Å². The lowest BCUT2D eigenvalue weighted by molar-refractivity contribution is -0.137. The molecule has 6 heteroatoms. The number of ether oxygens (including phenoxy) is 2. The second-order valence-electron chi connectivity index (χ2n) is 6.89. The lowest BCUT2D eigenvalue weighted by Gasteiger charge is -2.32. The van der Waals surface area contributed by atoms with Gasteiger partial charge in [0, 0.05) is 37.9 Å². The van der Waals surface area contributed by atoms with Crippen molar-refractivity contribution in [3.05, 3.63) is 59.2 Å². The minimum absolute atomic E-state index is 0.0559. The van der Waals surface area contributed by atoms with E-state index in [1.807, 2.05) is 48.4 Å². The van der Waals surface area contributed by atoms with Gasteiger partial charge >= 0.3 is 0 Å². The molecule has 1 aromatic heterocycles. The van der Waals surface area contributed by atoms with Gasteiger partial charge in [-0.2, -0.15) is 0 Å². The molecule has 0 atom stereocenters. The van der Waals surface area contributed by atoms with Crippen LogP contribution in [-0.4, -0.2) is 47.6 Å². The van der Waals surface area contributed by atoms with Gasteiger partial charge < -0.3 is 14.4 Å². The first-order valence-electron chi connectivity index (χ1n) is 9.38. The number of carbonyl (C=O) groups is 1. The van der Waals surface area contributed by atoms with Gasteiger partial charge in [0.2, 0.25) is 5.91 Å². The minimum atomic E-state index is 0.0559. The fraction of sp³-hybridized carbons (Fsp3) is 0.476. The molecule has 1 aliphatic heterocycles. The van der Waals surface area contributed by atoms with Crippen LogP contribution in [0.1, 0.15) is 41.4 Å². The van der Waals surface area contributed by atoms with Crippen molar-refractivity contribution in [3.63, 3.8) is 0 Å². The predicted molar refractivity (Wildman–Crippen MR) is 102 cm³/mol. The van der Waals surface area contributed by atoms with Gasteiger partial charge in [0.15, 0.2) is 0 Å². The average molecular weight is 369 g/mol. The van der Waals surface area contributed by atoms with E-state index in [2.05, 4.69) is 9.97 Å². The van der Waals surface area contributed by atoms with E-state index in [0.717, 1.165) is 48.6 Å². The highest BCUT2D eigenvalue weighted by molar-refractivity contribution is 5.77. The number of hydrogen-bond acceptors (Lipinski definition) is 5. The molecule has 0 unspecified atom stereocenters. The van der Waals surface area contributed by atoms with Crippen molar-refractivity contribution >= 4 is 5.91 Å². The molecule has 6 nitrogen and oxygen atoms in total. The van der Waals surface area contributed by atoms with Crippen LogP contribution in [0.15, 0.2) is 36.5 Å². The number of hydrogen-bond donors (Lipinski definition) is 0. The third kappa shape index (κ3) is 5.34. The number of piperidine rings is 1. The molecule has 1 fully saturated rings. The average Bonchev–Trinajstić information content (AvgIpc) is 2.70. The molecule has 144 valence electrons. The lowest BCUT2D eigenvalue weighted by atomic mass is 9.91. The van der Waals surface area contributed by atoms with Gasteiger partial charge in [-0.1, -0.05) is 30.3 Å². The van der Waals surface area contributed by atoms with Gasteiger partial charge in [0.25, 0.3) is 0 Å². The number of benzene rings is 1. The zero-order valence-electron chi connectivity index (χ0n) is 16.1. The van der Waals surface area contributed by atoms with Gasteiger partial charge in [-0.15, -0.1) is 0 Å². The van der Waals surface area contributed by atoms with Crippen LogP contribution in [0, 0.1) is 6.92 Å². The van der Waals surface area contributed by atoms with Crippen LogP contribution >= 0.6 is 0 Å². The molecule has 1 saturated heterocycles. The number of amides is 1. The number of likely N-dealkylation sites (tertiary alicyclic amines) is 1. The maximum absolute atomic E-state index is 12.4. The number of nitrogens with zero attached hydrogens (tertiary/aromatic N) is 3. The van der Waals surface area contributed by atoms with Crippen molar-refractivity contribution in [2.45, 2.75) is 38.9 Å². The normalized spacial score (nSPS) is 15.1. The van der Waals surface area contributed by atoms with Crippen LogP contribution < -0.4 is 0 Å². The van der Waals surface area contributed by atoms with E-state index in [1.54, 1.807) is 7.11 Å². The van der Waals surface area contributed by atoms with E-state index in [-0.39, 0.29) is 12.5 Å². The Hall–Kier alpha value is -2.31. The molecule has 0 saturated carbocycles. The molecule has 0 radical (unpaired) electrons. The summed E-state index contributed by atoms with van der Waals surface area (Å²) >= 11 is 0. The Kier molecular flexibility index (Phi) is 6.90. The van der Waals surface area contributed by atoms with Crippen LogP contribution in [0.4, 0.5) is 0 Å². The highest BCUT2D eigenvalue weighted by Gasteiger charge is 2.26. The number of aryl methyl sites for hydroxylation is 1. The van der Waals surface area contributed by atoms with Crippen LogP contribution in [0.25, 0.3) is 0 Å². The first-order valence-corrected chi connectivity index (χ1v) is 9.38. The summed E-state index contributed by atoms with van der Waals surface area (Å²) < 4.78 is 10.9. The molecule has 0 bridgehead atoms. The summed E-state index contributed by atoms with van der Waals surface area (Å²) in [6.45, 7) is 4.47. The molecular formula is C21H27N3O3. The Balaban J connectivity index is 1.50. The molecule has 1 aromatic carbocycles. The van der Waals surface area contributed by atoms with Crippen LogP contribution in [0.5, 0.6) is 0 Å². The van der Waals surface area contributed by atoms with Crippen molar-refractivity contribution < 1.29 is 14.3 Å². The van der Waals surface area contributed by atoms with E-state index in [4.69, 9.17) is 9.47 Å². The largest absolute Gasteiger partial charge is 0.380 e. The predicted octanol–water partition coefficient (Wildman–Crippen LogP) is 2.85. The maximum Gasteiger partial charge on any atom is 0.248 e.